The average Bonchev–Trinajstić information content (AvgIpc) is 2.49. The second kappa shape index (κ2) is 6.00. The topological polar surface area (TPSA) is 29.5 Å². The van der Waals surface area contributed by atoms with E-state index in [4.69, 9.17) is 4.74 Å². The zero-order valence-corrected chi connectivity index (χ0v) is 11.5. The predicted octanol–water partition coefficient (Wildman–Crippen LogP) is 3.64. The number of rotatable bonds is 5. The maximum Gasteiger partial charge on any atom is 0.168 e. The summed E-state index contributed by atoms with van der Waals surface area (Å²) < 4.78 is 5.16. The van der Waals surface area contributed by atoms with Gasteiger partial charge >= 0.3 is 0 Å². The summed E-state index contributed by atoms with van der Waals surface area (Å²) in [5, 5.41) is 10.1. The van der Waals surface area contributed by atoms with Gasteiger partial charge in [-0.25, -0.2) is 0 Å². The molecule has 0 aliphatic rings. The van der Waals surface area contributed by atoms with Crippen LogP contribution in [0, 0.1) is 0 Å². The maximum absolute atomic E-state index is 10.1. The first-order valence-electron chi connectivity index (χ1n) is 6.59. The summed E-state index contributed by atoms with van der Waals surface area (Å²) in [6.45, 7) is 1.92. The van der Waals surface area contributed by atoms with Crippen molar-refractivity contribution in [3.8, 4) is 11.1 Å². The van der Waals surface area contributed by atoms with Gasteiger partial charge in [0.15, 0.2) is 5.79 Å². The smallest absolute Gasteiger partial charge is 0.168 e. The largest absolute Gasteiger partial charge is 0.365 e. The highest BCUT2D eigenvalue weighted by Crippen LogP contribution is 2.22. The van der Waals surface area contributed by atoms with Crippen LogP contribution in [0.1, 0.15) is 18.9 Å². The number of ether oxygens (including phenoxy) is 1. The summed E-state index contributed by atoms with van der Waals surface area (Å²) in [6, 6.07) is 18.5. The normalized spacial score (nSPS) is 14.1. The van der Waals surface area contributed by atoms with Gasteiger partial charge in [0, 0.05) is 13.5 Å². The van der Waals surface area contributed by atoms with Gasteiger partial charge in [-0.05, 0) is 23.1 Å². The number of hydrogen-bond donors (Lipinski definition) is 1. The molecule has 19 heavy (non-hydrogen) atoms. The summed E-state index contributed by atoms with van der Waals surface area (Å²) in [5.41, 5.74) is 3.46. The van der Waals surface area contributed by atoms with Gasteiger partial charge in [0.05, 0.1) is 0 Å². The van der Waals surface area contributed by atoms with Gasteiger partial charge < -0.3 is 9.84 Å². The van der Waals surface area contributed by atoms with E-state index < -0.39 is 5.79 Å². The number of hydrogen-bond acceptors (Lipinski definition) is 2. The van der Waals surface area contributed by atoms with Crippen LogP contribution >= 0.6 is 0 Å². The molecule has 0 saturated heterocycles. The molecule has 0 amide bonds. The van der Waals surface area contributed by atoms with Crippen molar-refractivity contribution in [1.82, 2.24) is 0 Å². The van der Waals surface area contributed by atoms with Crippen LogP contribution in [0.3, 0.4) is 0 Å². The van der Waals surface area contributed by atoms with E-state index in [0.717, 1.165) is 5.56 Å². The molecule has 2 nitrogen and oxygen atoms in total. The predicted molar refractivity (Wildman–Crippen MR) is 77.8 cm³/mol. The Balaban J connectivity index is 2.15. The van der Waals surface area contributed by atoms with Crippen molar-refractivity contribution >= 4 is 0 Å². The van der Waals surface area contributed by atoms with Crippen LogP contribution in [0.2, 0.25) is 0 Å². The van der Waals surface area contributed by atoms with Crippen molar-refractivity contribution in [3.05, 3.63) is 60.2 Å². The molecule has 2 aromatic rings. The van der Waals surface area contributed by atoms with E-state index in [0.29, 0.717) is 12.8 Å². The van der Waals surface area contributed by atoms with Crippen LogP contribution in [0.5, 0.6) is 0 Å². The molecule has 1 N–H and O–H groups in total. The van der Waals surface area contributed by atoms with Crippen molar-refractivity contribution in [3.63, 3.8) is 0 Å². The first kappa shape index (κ1) is 13.8. The van der Waals surface area contributed by atoms with Crippen LogP contribution in [-0.4, -0.2) is 18.0 Å². The lowest BCUT2D eigenvalue weighted by Gasteiger charge is -2.25. The minimum Gasteiger partial charge on any atom is -0.365 e. The molecule has 0 heterocycles. The van der Waals surface area contributed by atoms with Crippen molar-refractivity contribution < 1.29 is 9.84 Å². The second-order valence-corrected chi connectivity index (χ2v) is 4.74. The Bertz CT molecular complexity index is 499. The Morgan fingerprint density at radius 2 is 1.53 bits per heavy atom. The number of methoxy groups -OCH3 is 1. The van der Waals surface area contributed by atoms with Gasteiger partial charge in [-0.2, -0.15) is 0 Å². The molecular weight excluding hydrogens is 236 g/mol. The Morgan fingerprint density at radius 1 is 0.947 bits per heavy atom. The minimum atomic E-state index is -1.06. The van der Waals surface area contributed by atoms with Crippen molar-refractivity contribution in [2.24, 2.45) is 0 Å². The third kappa shape index (κ3) is 3.43. The van der Waals surface area contributed by atoms with Gasteiger partial charge in [0.2, 0.25) is 0 Å². The first-order chi connectivity index (χ1) is 9.17. The van der Waals surface area contributed by atoms with E-state index in [1.54, 1.807) is 7.11 Å². The Labute approximate surface area is 114 Å². The summed E-state index contributed by atoms with van der Waals surface area (Å²) in [7, 11) is 1.54. The Morgan fingerprint density at radius 3 is 2.05 bits per heavy atom. The fraction of sp³-hybridized carbons (Fsp3) is 0.294. The molecule has 1 unspecified atom stereocenters. The molecule has 2 aromatic carbocycles. The van der Waals surface area contributed by atoms with Crippen LogP contribution in [0.15, 0.2) is 54.6 Å². The molecule has 0 radical (unpaired) electrons. The summed E-state index contributed by atoms with van der Waals surface area (Å²) >= 11 is 0. The molecule has 0 aliphatic heterocycles. The van der Waals surface area contributed by atoms with E-state index in [1.807, 2.05) is 37.3 Å². The Kier molecular flexibility index (Phi) is 4.35. The van der Waals surface area contributed by atoms with Crippen molar-refractivity contribution in [1.29, 1.82) is 0 Å². The van der Waals surface area contributed by atoms with Crippen LogP contribution < -0.4 is 0 Å². The minimum absolute atomic E-state index is 0.509. The maximum atomic E-state index is 10.1. The molecular formula is C17H20O2. The third-order valence-electron chi connectivity index (χ3n) is 3.47. The fourth-order valence-corrected chi connectivity index (χ4v) is 2.11. The number of aliphatic hydroxyl groups is 1. The lowest BCUT2D eigenvalue weighted by molar-refractivity contribution is -0.185. The standard InChI is InChI=1S/C17H20O2/c1-3-17(18,19-2)13-14-9-11-16(12-10-14)15-7-5-4-6-8-15/h4-12,18H,3,13H2,1-2H3. The fourth-order valence-electron chi connectivity index (χ4n) is 2.11. The van der Waals surface area contributed by atoms with E-state index in [2.05, 4.69) is 24.3 Å². The third-order valence-corrected chi connectivity index (χ3v) is 3.47. The van der Waals surface area contributed by atoms with E-state index >= 15 is 0 Å². The SMILES string of the molecule is CCC(O)(Cc1ccc(-c2ccccc2)cc1)OC. The van der Waals surface area contributed by atoms with Crippen molar-refractivity contribution in [2.45, 2.75) is 25.6 Å². The molecule has 0 aliphatic carbocycles. The lowest BCUT2D eigenvalue weighted by Crippen LogP contribution is -2.32. The highest BCUT2D eigenvalue weighted by atomic mass is 16.6. The highest BCUT2D eigenvalue weighted by Gasteiger charge is 2.23. The quantitative estimate of drug-likeness (QED) is 0.828. The van der Waals surface area contributed by atoms with Gasteiger partial charge in [-0.15, -0.1) is 0 Å². The molecule has 2 rings (SSSR count). The molecule has 0 saturated carbocycles. The van der Waals surface area contributed by atoms with Gasteiger partial charge in [0.1, 0.15) is 0 Å². The average molecular weight is 256 g/mol. The first-order valence-corrected chi connectivity index (χ1v) is 6.59. The summed E-state index contributed by atoms with van der Waals surface area (Å²) in [4.78, 5) is 0. The van der Waals surface area contributed by atoms with E-state index in [1.165, 1.54) is 11.1 Å². The Hall–Kier alpha value is -1.64. The monoisotopic (exact) mass is 256 g/mol. The van der Waals surface area contributed by atoms with Crippen LogP contribution in [0.25, 0.3) is 11.1 Å². The lowest BCUT2D eigenvalue weighted by atomic mass is 9.99. The second-order valence-electron chi connectivity index (χ2n) is 4.74. The van der Waals surface area contributed by atoms with Gasteiger partial charge in [-0.3, -0.25) is 0 Å². The van der Waals surface area contributed by atoms with Gasteiger partial charge in [-0.1, -0.05) is 61.5 Å². The molecule has 2 heteroatoms. The molecule has 1 atom stereocenters. The molecule has 0 fully saturated rings. The van der Waals surface area contributed by atoms with E-state index in [-0.39, 0.29) is 0 Å². The van der Waals surface area contributed by atoms with Crippen LogP contribution in [-0.2, 0) is 11.2 Å². The molecule has 0 spiro atoms. The number of benzene rings is 2. The molecule has 100 valence electrons. The van der Waals surface area contributed by atoms with Crippen molar-refractivity contribution in [2.75, 3.05) is 7.11 Å². The van der Waals surface area contributed by atoms with E-state index in [9.17, 15) is 5.11 Å². The summed E-state index contributed by atoms with van der Waals surface area (Å²) in [6.07, 6.45) is 1.08. The zero-order chi connectivity index (χ0) is 13.7. The zero-order valence-electron chi connectivity index (χ0n) is 11.5. The summed E-state index contributed by atoms with van der Waals surface area (Å²) in [5.74, 6) is -1.06. The van der Waals surface area contributed by atoms with Crippen LogP contribution in [0.4, 0.5) is 0 Å². The highest BCUT2D eigenvalue weighted by molar-refractivity contribution is 5.63. The van der Waals surface area contributed by atoms with Gasteiger partial charge in [0.25, 0.3) is 0 Å². The molecule has 0 bridgehead atoms. The molecule has 0 aromatic heterocycles.